The van der Waals surface area contributed by atoms with E-state index in [0.717, 1.165) is 24.2 Å². The smallest absolute Gasteiger partial charge is 0.232 e. The van der Waals surface area contributed by atoms with Gasteiger partial charge in [-0.2, -0.15) is 0 Å². The van der Waals surface area contributed by atoms with Crippen LogP contribution in [-0.4, -0.2) is 24.3 Å². The topological polar surface area (TPSA) is 78.5 Å². The standard InChI is InChI=1S/C20H19N3O3/c24-18-12-16(15-4-1-2-5-17(15)22-18)20(26)21-13-7-9-14(10-8-13)23-11-3-6-19(23)25/h1-2,4-5,7-10,16H,3,6,11-12H2,(H,21,26)(H,22,24)/t16-/m1/s1. The Kier molecular flexibility index (Phi) is 4.16. The summed E-state index contributed by atoms with van der Waals surface area (Å²) in [6.07, 6.45) is 1.59. The van der Waals surface area contributed by atoms with Crippen LogP contribution in [0.2, 0.25) is 0 Å². The van der Waals surface area contributed by atoms with E-state index in [1.165, 1.54) is 0 Å². The monoisotopic (exact) mass is 349 g/mol. The molecule has 132 valence electrons. The summed E-state index contributed by atoms with van der Waals surface area (Å²) in [6.45, 7) is 0.735. The van der Waals surface area contributed by atoms with E-state index < -0.39 is 5.92 Å². The van der Waals surface area contributed by atoms with Crippen LogP contribution in [0.15, 0.2) is 48.5 Å². The molecule has 2 aromatic rings. The molecule has 0 saturated carbocycles. The van der Waals surface area contributed by atoms with E-state index in [0.29, 0.717) is 17.8 Å². The third-order valence-electron chi connectivity index (χ3n) is 4.84. The summed E-state index contributed by atoms with van der Waals surface area (Å²) in [6, 6.07) is 14.6. The molecule has 0 unspecified atom stereocenters. The summed E-state index contributed by atoms with van der Waals surface area (Å²) in [7, 11) is 0. The van der Waals surface area contributed by atoms with Crippen molar-refractivity contribution in [2.24, 2.45) is 0 Å². The maximum Gasteiger partial charge on any atom is 0.232 e. The second kappa shape index (κ2) is 6.63. The predicted molar refractivity (Wildman–Crippen MR) is 99.1 cm³/mol. The highest BCUT2D eigenvalue weighted by Crippen LogP contribution is 2.33. The number of benzene rings is 2. The fourth-order valence-corrected chi connectivity index (χ4v) is 3.52. The largest absolute Gasteiger partial charge is 0.326 e. The Balaban J connectivity index is 1.50. The van der Waals surface area contributed by atoms with Gasteiger partial charge in [-0.15, -0.1) is 0 Å². The van der Waals surface area contributed by atoms with E-state index in [-0.39, 0.29) is 24.1 Å². The molecule has 1 saturated heterocycles. The fourth-order valence-electron chi connectivity index (χ4n) is 3.52. The van der Waals surface area contributed by atoms with Gasteiger partial charge in [-0.3, -0.25) is 14.4 Å². The van der Waals surface area contributed by atoms with Gasteiger partial charge in [0.05, 0.1) is 5.92 Å². The van der Waals surface area contributed by atoms with Gasteiger partial charge < -0.3 is 15.5 Å². The van der Waals surface area contributed by atoms with Crippen molar-refractivity contribution in [3.05, 3.63) is 54.1 Å². The number of carbonyl (C=O) groups is 3. The summed E-state index contributed by atoms with van der Waals surface area (Å²) in [4.78, 5) is 38.2. The van der Waals surface area contributed by atoms with Crippen LogP contribution in [0.25, 0.3) is 0 Å². The second-order valence-electron chi connectivity index (χ2n) is 6.58. The zero-order chi connectivity index (χ0) is 18.1. The van der Waals surface area contributed by atoms with Gasteiger partial charge in [-0.25, -0.2) is 0 Å². The van der Waals surface area contributed by atoms with Crippen molar-refractivity contribution in [3.8, 4) is 0 Å². The van der Waals surface area contributed by atoms with E-state index in [2.05, 4.69) is 10.6 Å². The Morgan fingerprint density at radius 2 is 1.85 bits per heavy atom. The number of nitrogens with one attached hydrogen (secondary N) is 2. The van der Waals surface area contributed by atoms with Gasteiger partial charge in [0, 0.05) is 36.4 Å². The molecule has 0 spiro atoms. The number of hydrogen-bond acceptors (Lipinski definition) is 3. The number of carbonyl (C=O) groups excluding carboxylic acids is 3. The van der Waals surface area contributed by atoms with Gasteiger partial charge in [0.1, 0.15) is 0 Å². The van der Waals surface area contributed by atoms with Crippen molar-refractivity contribution in [2.75, 3.05) is 22.1 Å². The van der Waals surface area contributed by atoms with Crippen LogP contribution < -0.4 is 15.5 Å². The molecule has 6 nitrogen and oxygen atoms in total. The van der Waals surface area contributed by atoms with Crippen molar-refractivity contribution < 1.29 is 14.4 Å². The third-order valence-corrected chi connectivity index (χ3v) is 4.84. The normalized spacial score (nSPS) is 19.1. The summed E-state index contributed by atoms with van der Waals surface area (Å²) in [5.74, 6) is -0.754. The number of rotatable bonds is 3. The zero-order valence-corrected chi connectivity index (χ0v) is 14.2. The summed E-state index contributed by atoms with van der Waals surface area (Å²) in [5, 5.41) is 5.67. The van der Waals surface area contributed by atoms with Crippen LogP contribution in [0.4, 0.5) is 17.1 Å². The van der Waals surface area contributed by atoms with Gasteiger partial charge in [0.2, 0.25) is 17.7 Å². The molecule has 6 heteroatoms. The Hall–Kier alpha value is -3.15. The maximum absolute atomic E-state index is 12.7. The molecule has 1 atom stereocenters. The van der Waals surface area contributed by atoms with Crippen molar-refractivity contribution >= 4 is 34.8 Å². The SMILES string of the molecule is O=C1C[C@@H](C(=O)Nc2ccc(N3CCCC3=O)cc2)c2ccccc2N1. The van der Waals surface area contributed by atoms with Crippen LogP contribution in [0.5, 0.6) is 0 Å². The van der Waals surface area contributed by atoms with E-state index in [1.54, 1.807) is 23.1 Å². The summed E-state index contributed by atoms with van der Waals surface area (Å²) < 4.78 is 0. The van der Waals surface area contributed by atoms with E-state index >= 15 is 0 Å². The highest BCUT2D eigenvalue weighted by molar-refractivity contribution is 6.05. The van der Waals surface area contributed by atoms with E-state index in [4.69, 9.17) is 0 Å². The quantitative estimate of drug-likeness (QED) is 0.894. The number of hydrogen-bond donors (Lipinski definition) is 2. The Labute approximate surface area is 151 Å². The van der Waals surface area contributed by atoms with Crippen LogP contribution in [0.1, 0.15) is 30.7 Å². The molecule has 0 bridgehead atoms. The van der Waals surface area contributed by atoms with Gasteiger partial charge in [-0.1, -0.05) is 18.2 Å². The molecule has 3 amide bonds. The van der Waals surface area contributed by atoms with Crippen LogP contribution >= 0.6 is 0 Å². The lowest BCUT2D eigenvalue weighted by molar-refractivity contribution is -0.123. The van der Waals surface area contributed by atoms with E-state index in [1.807, 2.05) is 30.3 Å². The van der Waals surface area contributed by atoms with Gasteiger partial charge >= 0.3 is 0 Å². The van der Waals surface area contributed by atoms with Gasteiger partial charge in [-0.05, 0) is 42.3 Å². The first-order valence-corrected chi connectivity index (χ1v) is 8.72. The lowest BCUT2D eigenvalue weighted by Crippen LogP contribution is -2.30. The molecular formula is C20H19N3O3. The fraction of sp³-hybridized carbons (Fsp3) is 0.250. The van der Waals surface area contributed by atoms with Crippen LogP contribution in [0, 0.1) is 0 Å². The average Bonchev–Trinajstić information content (AvgIpc) is 3.07. The summed E-state index contributed by atoms with van der Waals surface area (Å²) >= 11 is 0. The molecule has 0 radical (unpaired) electrons. The first-order chi connectivity index (χ1) is 12.6. The number of amides is 3. The minimum absolute atomic E-state index is 0.128. The van der Waals surface area contributed by atoms with E-state index in [9.17, 15) is 14.4 Å². The summed E-state index contributed by atoms with van der Waals surface area (Å²) in [5.41, 5.74) is 3.00. The van der Waals surface area contributed by atoms with Crippen molar-refractivity contribution in [3.63, 3.8) is 0 Å². The highest BCUT2D eigenvalue weighted by Gasteiger charge is 2.30. The predicted octanol–water partition coefficient (Wildman–Crippen LogP) is 2.88. The minimum atomic E-state index is -0.514. The van der Waals surface area contributed by atoms with Gasteiger partial charge in [0.25, 0.3) is 0 Å². The van der Waals surface area contributed by atoms with Crippen LogP contribution in [0.3, 0.4) is 0 Å². The molecule has 0 aliphatic carbocycles. The number of anilines is 3. The van der Waals surface area contributed by atoms with Gasteiger partial charge in [0.15, 0.2) is 0 Å². The molecule has 2 heterocycles. The molecular weight excluding hydrogens is 330 g/mol. The first kappa shape index (κ1) is 16.3. The Bertz CT molecular complexity index is 876. The highest BCUT2D eigenvalue weighted by atomic mass is 16.2. The van der Waals surface area contributed by atoms with Crippen molar-refractivity contribution in [1.82, 2.24) is 0 Å². The molecule has 2 aromatic carbocycles. The maximum atomic E-state index is 12.7. The molecule has 1 fully saturated rings. The number of nitrogens with zero attached hydrogens (tertiary/aromatic N) is 1. The lowest BCUT2D eigenvalue weighted by Gasteiger charge is -2.24. The molecule has 26 heavy (non-hydrogen) atoms. The number of fused-ring (bicyclic) bond motifs is 1. The first-order valence-electron chi connectivity index (χ1n) is 8.72. The second-order valence-corrected chi connectivity index (χ2v) is 6.58. The van der Waals surface area contributed by atoms with Crippen molar-refractivity contribution in [2.45, 2.75) is 25.2 Å². The lowest BCUT2D eigenvalue weighted by atomic mass is 9.90. The molecule has 2 N–H and O–H groups in total. The minimum Gasteiger partial charge on any atom is -0.326 e. The third kappa shape index (κ3) is 3.06. The molecule has 2 aliphatic heterocycles. The Morgan fingerprint density at radius 1 is 1.08 bits per heavy atom. The van der Waals surface area contributed by atoms with Crippen LogP contribution in [-0.2, 0) is 14.4 Å². The van der Waals surface area contributed by atoms with Crippen molar-refractivity contribution in [1.29, 1.82) is 0 Å². The molecule has 0 aromatic heterocycles. The number of para-hydroxylation sites is 1. The average molecular weight is 349 g/mol. The Morgan fingerprint density at radius 3 is 2.58 bits per heavy atom. The molecule has 4 rings (SSSR count). The zero-order valence-electron chi connectivity index (χ0n) is 14.2. The molecule has 2 aliphatic rings.